The van der Waals surface area contributed by atoms with E-state index in [1.807, 2.05) is 31.2 Å². The summed E-state index contributed by atoms with van der Waals surface area (Å²) in [7, 11) is 0. The number of nitrogens with zero attached hydrogens (tertiary/aromatic N) is 4. The Hall–Kier alpha value is -4.08. The zero-order valence-corrected chi connectivity index (χ0v) is 16.2. The Bertz CT molecular complexity index is 1070. The van der Waals surface area contributed by atoms with Gasteiger partial charge in [-0.25, -0.2) is 0 Å². The number of benzene rings is 2. The first-order valence-corrected chi connectivity index (χ1v) is 9.19. The standard InChI is InChI=1S/C20H20N6O4/c1-2-13-7-3-5-9-15(13)22-20-24-17(23-19(21)25-20)12-30-18(27)11-14-8-4-6-10-16(14)26(28)29/h3-10H,2,11-12H2,1H3,(H3,21,22,23,24,25). The van der Waals surface area contributed by atoms with E-state index in [1.54, 1.807) is 6.07 Å². The number of carbonyl (C=O) groups is 1. The number of para-hydroxylation sites is 2. The molecule has 0 spiro atoms. The van der Waals surface area contributed by atoms with Gasteiger partial charge in [0.1, 0.15) is 0 Å². The molecule has 0 atom stereocenters. The topological polar surface area (TPSA) is 146 Å². The van der Waals surface area contributed by atoms with Crippen LogP contribution in [0.25, 0.3) is 0 Å². The smallest absolute Gasteiger partial charge is 0.310 e. The molecule has 0 aliphatic heterocycles. The molecular formula is C20H20N6O4. The van der Waals surface area contributed by atoms with Crippen molar-refractivity contribution in [2.75, 3.05) is 11.1 Å². The van der Waals surface area contributed by atoms with E-state index in [4.69, 9.17) is 10.5 Å². The van der Waals surface area contributed by atoms with Crippen LogP contribution in [0.5, 0.6) is 0 Å². The minimum atomic E-state index is -0.644. The number of nitrogens with one attached hydrogen (secondary N) is 1. The van der Waals surface area contributed by atoms with E-state index >= 15 is 0 Å². The lowest BCUT2D eigenvalue weighted by atomic mass is 10.1. The largest absolute Gasteiger partial charge is 0.457 e. The van der Waals surface area contributed by atoms with Gasteiger partial charge in [-0.3, -0.25) is 14.9 Å². The molecule has 3 rings (SSSR count). The number of ether oxygens (including phenoxy) is 1. The van der Waals surface area contributed by atoms with Gasteiger partial charge in [-0.1, -0.05) is 43.3 Å². The molecule has 3 aromatic rings. The Labute approximate surface area is 172 Å². The lowest BCUT2D eigenvalue weighted by Gasteiger charge is -2.11. The van der Waals surface area contributed by atoms with Crippen molar-refractivity contribution in [1.29, 1.82) is 0 Å². The summed E-state index contributed by atoms with van der Waals surface area (Å²) in [5, 5.41) is 14.2. The van der Waals surface area contributed by atoms with Crippen LogP contribution < -0.4 is 11.1 Å². The van der Waals surface area contributed by atoms with Crippen LogP contribution in [0.15, 0.2) is 48.5 Å². The van der Waals surface area contributed by atoms with Gasteiger partial charge < -0.3 is 15.8 Å². The third kappa shape index (κ3) is 5.25. The maximum absolute atomic E-state index is 12.1. The molecule has 30 heavy (non-hydrogen) atoms. The predicted molar refractivity (Wildman–Crippen MR) is 110 cm³/mol. The average molecular weight is 408 g/mol. The average Bonchev–Trinajstić information content (AvgIpc) is 2.72. The summed E-state index contributed by atoms with van der Waals surface area (Å²) in [6.07, 6.45) is 0.576. The first-order valence-electron chi connectivity index (χ1n) is 9.19. The molecular weight excluding hydrogens is 388 g/mol. The number of hydrogen-bond acceptors (Lipinski definition) is 9. The van der Waals surface area contributed by atoms with Crippen molar-refractivity contribution in [2.24, 2.45) is 0 Å². The van der Waals surface area contributed by atoms with Crippen LogP contribution in [-0.2, 0) is 29.0 Å². The van der Waals surface area contributed by atoms with Crippen molar-refractivity contribution >= 4 is 29.2 Å². The number of rotatable bonds is 8. The Morgan fingerprint density at radius 2 is 1.80 bits per heavy atom. The first-order chi connectivity index (χ1) is 14.5. The summed E-state index contributed by atoms with van der Waals surface area (Å²) < 4.78 is 5.17. The van der Waals surface area contributed by atoms with Crippen molar-refractivity contribution in [3.63, 3.8) is 0 Å². The second kappa shape index (κ2) is 9.41. The molecule has 2 aromatic carbocycles. The molecule has 154 valence electrons. The molecule has 0 aliphatic rings. The number of nitrogen functional groups attached to an aromatic ring is 1. The van der Waals surface area contributed by atoms with Crippen LogP contribution in [0, 0.1) is 10.1 Å². The third-order valence-corrected chi connectivity index (χ3v) is 4.23. The molecule has 0 aliphatic carbocycles. The SMILES string of the molecule is CCc1ccccc1Nc1nc(N)nc(COC(=O)Cc2ccccc2[N+](=O)[O-])n1. The Kier molecular flexibility index (Phi) is 6.48. The van der Waals surface area contributed by atoms with Crippen LogP contribution in [0.2, 0.25) is 0 Å². The Balaban J connectivity index is 1.67. The van der Waals surface area contributed by atoms with Gasteiger partial charge in [0.25, 0.3) is 5.69 Å². The lowest BCUT2D eigenvalue weighted by Crippen LogP contribution is -2.13. The van der Waals surface area contributed by atoms with Crippen LogP contribution in [0.1, 0.15) is 23.9 Å². The van der Waals surface area contributed by atoms with E-state index in [0.29, 0.717) is 0 Å². The molecule has 0 amide bonds. The molecule has 0 radical (unpaired) electrons. The maximum atomic E-state index is 12.1. The van der Waals surface area contributed by atoms with E-state index in [2.05, 4.69) is 20.3 Å². The van der Waals surface area contributed by atoms with E-state index in [1.165, 1.54) is 18.2 Å². The van der Waals surface area contributed by atoms with Gasteiger partial charge in [0.15, 0.2) is 12.4 Å². The van der Waals surface area contributed by atoms with Crippen molar-refractivity contribution in [3.05, 3.63) is 75.6 Å². The number of esters is 1. The second-order valence-corrected chi connectivity index (χ2v) is 6.29. The molecule has 0 saturated carbocycles. The third-order valence-electron chi connectivity index (χ3n) is 4.23. The summed E-state index contributed by atoms with van der Waals surface area (Å²) in [6.45, 7) is 1.79. The fourth-order valence-corrected chi connectivity index (χ4v) is 2.82. The van der Waals surface area contributed by atoms with Gasteiger partial charge in [-0.05, 0) is 18.1 Å². The number of nitro groups is 1. The van der Waals surface area contributed by atoms with Crippen LogP contribution >= 0.6 is 0 Å². The molecule has 0 bridgehead atoms. The fourth-order valence-electron chi connectivity index (χ4n) is 2.82. The maximum Gasteiger partial charge on any atom is 0.310 e. The Morgan fingerprint density at radius 1 is 1.10 bits per heavy atom. The highest BCUT2D eigenvalue weighted by Gasteiger charge is 2.17. The molecule has 0 saturated heterocycles. The van der Waals surface area contributed by atoms with Gasteiger partial charge in [0.05, 0.1) is 11.3 Å². The Morgan fingerprint density at radius 3 is 2.53 bits per heavy atom. The quantitative estimate of drug-likeness (QED) is 0.326. The number of aryl methyl sites for hydroxylation is 1. The molecule has 1 heterocycles. The van der Waals surface area contributed by atoms with Crippen molar-refractivity contribution < 1.29 is 14.5 Å². The second-order valence-electron chi connectivity index (χ2n) is 6.29. The highest BCUT2D eigenvalue weighted by molar-refractivity contribution is 5.74. The lowest BCUT2D eigenvalue weighted by molar-refractivity contribution is -0.385. The number of nitrogens with two attached hydrogens (primary N) is 1. The predicted octanol–water partition coefficient (Wildman–Crippen LogP) is 2.95. The highest BCUT2D eigenvalue weighted by Crippen LogP contribution is 2.20. The summed E-state index contributed by atoms with van der Waals surface area (Å²) in [4.78, 5) is 34.9. The van der Waals surface area contributed by atoms with Gasteiger partial charge in [0.2, 0.25) is 11.9 Å². The zero-order chi connectivity index (χ0) is 21.5. The molecule has 3 N–H and O–H groups in total. The fraction of sp³-hybridized carbons (Fsp3) is 0.200. The van der Waals surface area contributed by atoms with Gasteiger partial charge >= 0.3 is 5.97 Å². The number of nitro benzene ring substituents is 1. The summed E-state index contributed by atoms with van der Waals surface area (Å²) in [6, 6.07) is 13.7. The van der Waals surface area contributed by atoms with Crippen molar-refractivity contribution in [3.8, 4) is 0 Å². The summed E-state index contributed by atoms with van der Waals surface area (Å²) in [5.74, 6) is -0.275. The van der Waals surface area contributed by atoms with Gasteiger partial charge in [-0.15, -0.1) is 0 Å². The first kappa shape index (κ1) is 20.6. The number of aromatic nitrogens is 3. The minimum Gasteiger partial charge on any atom is -0.457 e. The van der Waals surface area contributed by atoms with Crippen LogP contribution in [0.4, 0.5) is 23.3 Å². The normalized spacial score (nSPS) is 10.4. The molecule has 10 heteroatoms. The van der Waals surface area contributed by atoms with E-state index in [-0.39, 0.29) is 42.0 Å². The minimum absolute atomic E-state index is 0.0220. The van der Waals surface area contributed by atoms with E-state index in [9.17, 15) is 14.9 Å². The number of hydrogen-bond donors (Lipinski definition) is 2. The molecule has 10 nitrogen and oxygen atoms in total. The van der Waals surface area contributed by atoms with Gasteiger partial charge in [-0.2, -0.15) is 15.0 Å². The summed E-state index contributed by atoms with van der Waals surface area (Å²) >= 11 is 0. The van der Waals surface area contributed by atoms with Gasteiger partial charge in [0, 0.05) is 17.3 Å². The number of carbonyl (C=O) groups excluding carboxylic acids is 1. The van der Waals surface area contributed by atoms with Crippen LogP contribution in [0.3, 0.4) is 0 Å². The van der Waals surface area contributed by atoms with Crippen LogP contribution in [-0.4, -0.2) is 25.8 Å². The van der Waals surface area contributed by atoms with Crippen molar-refractivity contribution in [1.82, 2.24) is 15.0 Å². The highest BCUT2D eigenvalue weighted by atomic mass is 16.6. The molecule has 0 unspecified atom stereocenters. The number of anilines is 3. The van der Waals surface area contributed by atoms with Crippen molar-refractivity contribution in [2.45, 2.75) is 26.4 Å². The molecule has 0 fully saturated rings. The van der Waals surface area contributed by atoms with E-state index < -0.39 is 10.9 Å². The zero-order valence-electron chi connectivity index (χ0n) is 16.2. The molecule has 1 aromatic heterocycles. The van der Waals surface area contributed by atoms with E-state index in [0.717, 1.165) is 17.7 Å². The summed E-state index contributed by atoms with van der Waals surface area (Å²) in [5.41, 5.74) is 7.79. The monoisotopic (exact) mass is 408 g/mol.